The van der Waals surface area contributed by atoms with E-state index in [1.165, 1.54) is 36.5 Å². The van der Waals surface area contributed by atoms with E-state index in [0.717, 1.165) is 0 Å². The molecule has 0 bridgehead atoms. The van der Waals surface area contributed by atoms with E-state index in [2.05, 4.69) is 10.3 Å². The molecule has 2 rings (SSSR count). The lowest BCUT2D eigenvalue weighted by Crippen LogP contribution is -2.25. The van der Waals surface area contributed by atoms with E-state index in [4.69, 9.17) is 0 Å². The number of hydrogen-bond acceptors (Lipinski definition) is 2. The maximum atomic E-state index is 13.8. The zero-order valence-electron chi connectivity index (χ0n) is 11.0. The maximum Gasteiger partial charge on any atom is 0.146 e. The molecule has 106 valence electrons. The van der Waals surface area contributed by atoms with Crippen LogP contribution in [0.4, 0.5) is 13.2 Å². The summed E-state index contributed by atoms with van der Waals surface area (Å²) in [5.41, 5.74) is 0.0977. The van der Waals surface area contributed by atoms with Crippen molar-refractivity contribution in [2.75, 3.05) is 6.54 Å². The Kier molecular flexibility index (Phi) is 4.74. The molecular formula is C15H15F3N2. The van der Waals surface area contributed by atoms with Crippen LogP contribution in [0.25, 0.3) is 0 Å². The SMILES string of the molecule is CCNC(Cc1c(F)cccc1F)c1ncccc1F. The van der Waals surface area contributed by atoms with Crippen molar-refractivity contribution in [3.8, 4) is 0 Å². The Bertz CT molecular complexity index is 567. The molecule has 0 saturated carbocycles. The van der Waals surface area contributed by atoms with E-state index in [-0.39, 0.29) is 17.7 Å². The van der Waals surface area contributed by atoms with E-state index >= 15 is 0 Å². The van der Waals surface area contributed by atoms with Gasteiger partial charge in [0.05, 0.1) is 11.7 Å². The second-order valence-electron chi connectivity index (χ2n) is 4.39. The van der Waals surface area contributed by atoms with Gasteiger partial charge in [0.1, 0.15) is 17.5 Å². The lowest BCUT2D eigenvalue weighted by atomic mass is 10.0. The summed E-state index contributed by atoms with van der Waals surface area (Å²) in [7, 11) is 0. The average molecular weight is 280 g/mol. The summed E-state index contributed by atoms with van der Waals surface area (Å²) in [6, 6.07) is 5.87. The van der Waals surface area contributed by atoms with Crippen LogP contribution >= 0.6 is 0 Å². The molecule has 1 heterocycles. The van der Waals surface area contributed by atoms with Crippen molar-refractivity contribution in [3.63, 3.8) is 0 Å². The Morgan fingerprint density at radius 2 is 1.70 bits per heavy atom. The van der Waals surface area contributed by atoms with Crippen LogP contribution in [-0.2, 0) is 6.42 Å². The molecule has 0 aliphatic heterocycles. The van der Waals surface area contributed by atoms with Gasteiger partial charge in [0, 0.05) is 11.8 Å². The van der Waals surface area contributed by atoms with Gasteiger partial charge in [-0.05, 0) is 37.2 Å². The van der Waals surface area contributed by atoms with E-state index < -0.39 is 23.5 Å². The van der Waals surface area contributed by atoms with Gasteiger partial charge in [-0.2, -0.15) is 0 Å². The number of aromatic nitrogens is 1. The number of benzene rings is 1. The Balaban J connectivity index is 2.33. The lowest BCUT2D eigenvalue weighted by Gasteiger charge is -2.18. The highest BCUT2D eigenvalue weighted by Gasteiger charge is 2.20. The first-order valence-electron chi connectivity index (χ1n) is 6.40. The maximum absolute atomic E-state index is 13.8. The number of hydrogen-bond donors (Lipinski definition) is 1. The molecule has 0 saturated heterocycles. The van der Waals surface area contributed by atoms with Gasteiger partial charge < -0.3 is 5.32 Å². The first-order chi connectivity index (χ1) is 9.63. The molecule has 0 aliphatic rings. The predicted molar refractivity (Wildman–Crippen MR) is 70.7 cm³/mol. The van der Waals surface area contributed by atoms with Crippen molar-refractivity contribution in [3.05, 3.63) is 65.2 Å². The number of pyridine rings is 1. The molecule has 2 nitrogen and oxygen atoms in total. The number of halogens is 3. The third-order valence-electron chi connectivity index (χ3n) is 3.04. The van der Waals surface area contributed by atoms with Gasteiger partial charge in [-0.3, -0.25) is 4.98 Å². The number of nitrogens with one attached hydrogen (secondary N) is 1. The second-order valence-corrected chi connectivity index (χ2v) is 4.39. The molecule has 0 amide bonds. The fourth-order valence-corrected chi connectivity index (χ4v) is 2.10. The molecule has 1 unspecified atom stereocenters. The number of likely N-dealkylation sites (N-methyl/N-ethyl adjacent to an activating group) is 1. The minimum Gasteiger partial charge on any atom is -0.309 e. The highest BCUT2D eigenvalue weighted by atomic mass is 19.1. The van der Waals surface area contributed by atoms with Gasteiger partial charge in [-0.1, -0.05) is 13.0 Å². The highest BCUT2D eigenvalue weighted by molar-refractivity contribution is 5.23. The smallest absolute Gasteiger partial charge is 0.146 e. The van der Waals surface area contributed by atoms with Gasteiger partial charge >= 0.3 is 0 Å². The summed E-state index contributed by atoms with van der Waals surface area (Å²) in [4.78, 5) is 3.97. The van der Waals surface area contributed by atoms with Crippen molar-refractivity contribution in [2.24, 2.45) is 0 Å². The lowest BCUT2D eigenvalue weighted by molar-refractivity contribution is 0.469. The minimum atomic E-state index is -0.635. The van der Waals surface area contributed by atoms with Crippen molar-refractivity contribution in [2.45, 2.75) is 19.4 Å². The summed E-state index contributed by atoms with van der Waals surface area (Å²) in [6.07, 6.45) is 1.46. The third kappa shape index (κ3) is 3.17. The first kappa shape index (κ1) is 14.5. The number of rotatable bonds is 5. The van der Waals surface area contributed by atoms with E-state index in [0.29, 0.717) is 6.54 Å². The zero-order valence-corrected chi connectivity index (χ0v) is 11.0. The van der Waals surface area contributed by atoms with Gasteiger partial charge in [-0.15, -0.1) is 0 Å². The van der Waals surface area contributed by atoms with Crippen LogP contribution < -0.4 is 5.32 Å². The summed E-state index contributed by atoms with van der Waals surface area (Å²) < 4.78 is 41.1. The molecule has 1 aromatic heterocycles. The molecule has 0 radical (unpaired) electrons. The summed E-state index contributed by atoms with van der Waals surface area (Å²) in [6.45, 7) is 2.38. The summed E-state index contributed by atoms with van der Waals surface area (Å²) in [5, 5.41) is 3.01. The van der Waals surface area contributed by atoms with Crippen LogP contribution in [0.3, 0.4) is 0 Å². The summed E-state index contributed by atoms with van der Waals surface area (Å²) >= 11 is 0. The van der Waals surface area contributed by atoms with E-state index in [1.807, 2.05) is 6.92 Å². The molecular weight excluding hydrogens is 265 g/mol. The molecule has 20 heavy (non-hydrogen) atoms. The van der Waals surface area contributed by atoms with E-state index in [9.17, 15) is 13.2 Å². The molecule has 1 N–H and O–H groups in total. The predicted octanol–water partition coefficient (Wildman–Crippen LogP) is 3.39. The molecule has 1 aromatic carbocycles. The van der Waals surface area contributed by atoms with Crippen LogP contribution in [0.5, 0.6) is 0 Å². The highest BCUT2D eigenvalue weighted by Crippen LogP contribution is 2.22. The Morgan fingerprint density at radius 1 is 1.05 bits per heavy atom. The molecule has 1 atom stereocenters. The monoisotopic (exact) mass is 280 g/mol. The molecule has 5 heteroatoms. The largest absolute Gasteiger partial charge is 0.309 e. The fourth-order valence-electron chi connectivity index (χ4n) is 2.10. The van der Waals surface area contributed by atoms with Crippen molar-refractivity contribution >= 4 is 0 Å². The van der Waals surface area contributed by atoms with Crippen LogP contribution in [0.1, 0.15) is 24.2 Å². The topological polar surface area (TPSA) is 24.9 Å². The molecule has 0 aliphatic carbocycles. The van der Waals surface area contributed by atoms with Gasteiger partial charge in [0.25, 0.3) is 0 Å². The van der Waals surface area contributed by atoms with E-state index in [1.54, 1.807) is 0 Å². The third-order valence-corrected chi connectivity index (χ3v) is 3.04. The van der Waals surface area contributed by atoms with Gasteiger partial charge in [0.15, 0.2) is 0 Å². The quantitative estimate of drug-likeness (QED) is 0.908. The Morgan fingerprint density at radius 3 is 2.30 bits per heavy atom. The normalized spacial score (nSPS) is 12.4. The fraction of sp³-hybridized carbons (Fsp3) is 0.267. The molecule has 0 spiro atoms. The van der Waals surface area contributed by atoms with Crippen molar-refractivity contribution in [1.82, 2.24) is 10.3 Å². The number of nitrogens with zero attached hydrogens (tertiary/aromatic N) is 1. The Labute approximate surface area is 115 Å². The van der Waals surface area contributed by atoms with Crippen LogP contribution in [0.2, 0.25) is 0 Å². The second kappa shape index (κ2) is 6.52. The van der Waals surface area contributed by atoms with Crippen molar-refractivity contribution in [1.29, 1.82) is 0 Å². The zero-order chi connectivity index (χ0) is 14.5. The van der Waals surface area contributed by atoms with Crippen LogP contribution in [-0.4, -0.2) is 11.5 Å². The minimum absolute atomic E-state index is 0.000278. The summed E-state index contributed by atoms with van der Waals surface area (Å²) in [5.74, 6) is -1.76. The van der Waals surface area contributed by atoms with Gasteiger partial charge in [-0.25, -0.2) is 13.2 Å². The van der Waals surface area contributed by atoms with Gasteiger partial charge in [0.2, 0.25) is 0 Å². The molecule has 0 fully saturated rings. The van der Waals surface area contributed by atoms with Crippen LogP contribution in [0.15, 0.2) is 36.5 Å². The van der Waals surface area contributed by atoms with Crippen molar-refractivity contribution < 1.29 is 13.2 Å². The first-order valence-corrected chi connectivity index (χ1v) is 6.40. The molecule has 2 aromatic rings. The average Bonchev–Trinajstić information content (AvgIpc) is 2.43. The Hall–Kier alpha value is -1.88. The van der Waals surface area contributed by atoms with Crippen LogP contribution in [0, 0.1) is 17.5 Å². The standard InChI is InChI=1S/C15H15F3N2/c1-2-19-14(15-13(18)7-4-8-20-15)9-10-11(16)5-3-6-12(10)17/h3-8,14,19H,2,9H2,1H3.